The van der Waals surface area contributed by atoms with Gasteiger partial charge in [0.1, 0.15) is 0 Å². The van der Waals surface area contributed by atoms with Crippen LogP contribution in [-0.2, 0) is 14.4 Å². The zero-order valence-electron chi connectivity index (χ0n) is 7.80. The van der Waals surface area contributed by atoms with E-state index < -0.39 is 0 Å². The van der Waals surface area contributed by atoms with Crippen LogP contribution in [0.15, 0.2) is 22.8 Å². The minimum Gasteiger partial charge on any atom is -0.294 e. The zero-order valence-corrected chi connectivity index (χ0v) is 7.80. The van der Waals surface area contributed by atoms with Crippen molar-refractivity contribution >= 4 is 17.3 Å². The number of rotatable bonds is 1. The Hall–Kier alpha value is -1.51. The number of ketones is 3. The molecule has 0 N–H and O–H groups in total. The van der Waals surface area contributed by atoms with Gasteiger partial charge in [-0.15, -0.1) is 0 Å². The predicted molar refractivity (Wildman–Crippen MR) is 47.2 cm³/mol. The number of carbonyl (C=O) groups is 3. The maximum atomic E-state index is 11.4. The van der Waals surface area contributed by atoms with Crippen LogP contribution in [-0.4, -0.2) is 17.3 Å². The van der Waals surface area contributed by atoms with E-state index in [0.29, 0.717) is 11.1 Å². The van der Waals surface area contributed by atoms with Crippen molar-refractivity contribution in [3.05, 3.63) is 22.8 Å². The molecule has 0 unspecified atom stereocenters. The van der Waals surface area contributed by atoms with E-state index in [1.807, 2.05) is 0 Å². The lowest BCUT2D eigenvalue weighted by atomic mass is 9.90. The molecule has 0 radical (unpaired) electrons. The van der Waals surface area contributed by atoms with Crippen molar-refractivity contribution in [2.75, 3.05) is 0 Å². The summed E-state index contributed by atoms with van der Waals surface area (Å²) in [7, 11) is 0. The van der Waals surface area contributed by atoms with Crippen LogP contribution in [0, 0.1) is 0 Å². The van der Waals surface area contributed by atoms with Gasteiger partial charge in [-0.2, -0.15) is 0 Å². The fourth-order valence-electron chi connectivity index (χ4n) is 1.12. The van der Waals surface area contributed by atoms with Crippen LogP contribution in [0.4, 0.5) is 0 Å². The third kappa shape index (κ3) is 1.49. The number of carbonyl (C=O) groups excluding carboxylic acids is 3. The zero-order chi connectivity index (χ0) is 10.2. The summed E-state index contributed by atoms with van der Waals surface area (Å²) in [6, 6.07) is 0. The molecule has 0 aliphatic heterocycles. The lowest BCUT2D eigenvalue weighted by Crippen LogP contribution is -2.20. The lowest BCUT2D eigenvalue weighted by molar-refractivity contribution is -0.120. The van der Waals surface area contributed by atoms with Gasteiger partial charge in [0.2, 0.25) is 0 Å². The Morgan fingerprint density at radius 3 is 2.15 bits per heavy atom. The molecule has 0 atom stereocenters. The molecule has 0 aromatic heterocycles. The molecular weight excluding hydrogens is 168 g/mol. The average Bonchev–Trinajstić information content (AvgIpc) is 2.07. The highest BCUT2D eigenvalue weighted by atomic mass is 16.2. The van der Waals surface area contributed by atoms with Crippen molar-refractivity contribution in [2.24, 2.45) is 0 Å². The summed E-state index contributed by atoms with van der Waals surface area (Å²) in [6.45, 7) is 4.43. The largest absolute Gasteiger partial charge is 0.294 e. The molecule has 0 aromatic rings. The van der Waals surface area contributed by atoms with Crippen molar-refractivity contribution in [3.63, 3.8) is 0 Å². The first-order valence-electron chi connectivity index (χ1n) is 3.94. The SMILES string of the molecule is CC(=O)C1=CC(=O)C(C)=C(C)C1=O. The molecule has 68 valence electrons. The molecule has 0 bridgehead atoms. The van der Waals surface area contributed by atoms with E-state index in [2.05, 4.69) is 0 Å². The van der Waals surface area contributed by atoms with Gasteiger partial charge in [-0.05, 0) is 20.8 Å². The number of allylic oxidation sites excluding steroid dienone is 4. The second-order valence-corrected chi connectivity index (χ2v) is 3.06. The fraction of sp³-hybridized carbons (Fsp3) is 0.300. The Kier molecular flexibility index (Phi) is 2.28. The van der Waals surface area contributed by atoms with E-state index in [1.54, 1.807) is 13.8 Å². The molecule has 0 amide bonds. The van der Waals surface area contributed by atoms with Crippen LogP contribution in [0.5, 0.6) is 0 Å². The minimum atomic E-state index is -0.356. The molecule has 0 saturated carbocycles. The second-order valence-electron chi connectivity index (χ2n) is 3.06. The first-order valence-corrected chi connectivity index (χ1v) is 3.94. The van der Waals surface area contributed by atoms with Crippen LogP contribution in [0.3, 0.4) is 0 Å². The average molecular weight is 178 g/mol. The highest BCUT2D eigenvalue weighted by Gasteiger charge is 2.25. The molecule has 3 nitrogen and oxygen atoms in total. The normalized spacial score (nSPS) is 17.6. The van der Waals surface area contributed by atoms with E-state index in [0.717, 1.165) is 6.08 Å². The minimum absolute atomic E-state index is 0.00639. The highest BCUT2D eigenvalue weighted by Crippen LogP contribution is 2.18. The number of Topliss-reactive ketones (excluding diaryl/α,β-unsaturated/α-hetero) is 2. The molecule has 1 aliphatic rings. The van der Waals surface area contributed by atoms with Crippen molar-refractivity contribution in [2.45, 2.75) is 20.8 Å². The molecular formula is C10H10O3. The van der Waals surface area contributed by atoms with Gasteiger partial charge in [-0.1, -0.05) is 0 Å². The Bertz CT molecular complexity index is 370. The molecule has 0 aromatic carbocycles. The maximum Gasteiger partial charge on any atom is 0.192 e. The second kappa shape index (κ2) is 3.09. The van der Waals surface area contributed by atoms with E-state index >= 15 is 0 Å². The smallest absolute Gasteiger partial charge is 0.192 e. The number of hydrogen-bond donors (Lipinski definition) is 0. The number of hydrogen-bond acceptors (Lipinski definition) is 3. The van der Waals surface area contributed by atoms with Crippen LogP contribution in [0.25, 0.3) is 0 Å². The molecule has 1 aliphatic carbocycles. The van der Waals surface area contributed by atoms with Gasteiger partial charge in [-0.3, -0.25) is 14.4 Å². The monoisotopic (exact) mass is 178 g/mol. The van der Waals surface area contributed by atoms with Gasteiger partial charge in [-0.25, -0.2) is 0 Å². The van der Waals surface area contributed by atoms with E-state index in [4.69, 9.17) is 0 Å². The van der Waals surface area contributed by atoms with Crippen LogP contribution in [0.2, 0.25) is 0 Å². The molecule has 0 heterocycles. The summed E-state index contributed by atoms with van der Waals surface area (Å²) >= 11 is 0. The Labute approximate surface area is 76.1 Å². The van der Waals surface area contributed by atoms with Gasteiger partial charge >= 0.3 is 0 Å². The van der Waals surface area contributed by atoms with Gasteiger partial charge in [0.05, 0.1) is 5.57 Å². The standard InChI is InChI=1S/C10H10O3/c1-5-6(2)10(13)8(7(3)11)4-9(5)12/h4H,1-3H3. The quantitative estimate of drug-likeness (QED) is 0.444. The van der Waals surface area contributed by atoms with Gasteiger partial charge in [0.25, 0.3) is 0 Å². The molecule has 1 rings (SSSR count). The van der Waals surface area contributed by atoms with Crippen molar-refractivity contribution < 1.29 is 14.4 Å². The van der Waals surface area contributed by atoms with Crippen LogP contribution in [0.1, 0.15) is 20.8 Å². The summed E-state index contributed by atoms with van der Waals surface area (Å²) in [5, 5.41) is 0. The molecule has 13 heavy (non-hydrogen) atoms. The van der Waals surface area contributed by atoms with Crippen LogP contribution >= 0.6 is 0 Å². The van der Waals surface area contributed by atoms with E-state index in [9.17, 15) is 14.4 Å². The first kappa shape index (κ1) is 9.58. The first-order chi connectivity index (χ1) is 5.95. The van der Waals surface area contributed by atoms with Crippen molar-refractivity contribution in [1.82, 2.24) is 0 Å². The highest BCUT2D eigenvalue weighted by molar-refractivity contribution is 6.33. The van der Waals surface area contributed by atoms with Crippen LogP contribution < -0.4 is 0 Å². The van der Waals surface area contributed by atoms with Gasteiger partial charge in [0, 0.05) is 17.2 Å². The van der Waals surface area contributed by atoms with Crippen molar-refractivity contribution in [1.29, 1.82) is 0 Å². The maximum absolute atomic E-state index is 11.4. The topological polar surface area (TPSA) is 51.2 Å². The summed E-state index contributed by atoms with van der Waals surface area (Å²) in [6.07, 6.45) is 1.12. The predicted octanol–water partition coefficient (Wildman–Crippen LogP) is 0.990. The van der Waals surface area contributed by atoms with Gasteiger partial charge in [0.15, 0.2) is 17.3 Å². The lowest BCUT2D eigenvalue weighted by Gasteiger charge is -2.11. The summed E-state index contributed by atoms with van der Waals surface area (Å²) in [5.41, 5.74) is 0.792. The fourth-order valence-corrected chi connectivity index (χ4v) is 1.12. The third-order valence-corrected chi connectivity index (χ3v) is 2.17. The van der Waals surface area contributed by atoms with Gasteiger partial charge < -0.3 is 0 Å². The van der Waals surface area contributed by atoms with E-state index in [-0.39, 0.29) is 22.9 Å². The summed E-state index contributed by atoms with van der Waals surface area (Å²) in [5.74, 6) is -0.933. The van der Waals surface area contributed by atoms with Crippen molar-refractivity contribution in [3.8, 4) is 0 Å². The molecule has 0 saturated heterocycles. The summed E-state index contributed by atoms with van der Waals surface area (Å²) in [4.78, 5) is 33.6. The molecule has 3 heteroatoms. The Balaban J connectivity index is 3.23. The molecule has 0 fully saturated rings. The third-order valence-electron chi connectivity index (χ3n) is 2.17. The molecule has 0 spiro atoms. The Morgan fingerprint density at radius 2 is 1.69 bits per heavy atom. The summed E-state index contributed by atoms with van der Waals surface area (Å²) < 4.78 is 0. The Morgan fingerprint density at radius 1 is 1.15 bits per heavy atom. The van der Waals surface area contributed by atoms with E-state index in [1.165, 1.54) is 6.92 Å².